The van der Waals surface area contributed by atoms with Crippen molar-refractivity contribution >= 4 is 33.5 Å². The first-order valence-electron chi connectivity index (χ1n) is 6.89. The summed E-state index contributed by atoms with van der Waals surface area (Å²) < 4.78 is 16.2. The number of methoxy groups -OCH3 is 1. The zero-order valence-corrected chi connectivity index (χ0v) is 13.2. The van der Waals surface area contributed by atoms with Crippen LogP contribution in [0.2, 0.25) is 0 Å². The monoisotopic (exact) mass is 316 g/mol. The fourth-order valence-electron chi connectivity index (χ4n) is 2.35. The van der Waals surface area contributed by atoms with Crippen LogP contribution >= 0.6 is 11.8 Å². The van der Waals surface area contributed by atoms with E-state index in [1.54, 1.807) is 31.0 Å². The Labute approximate surface area is 132 Å². The molecule has 0 atom stereocenters. The lowest BCUT2D eigenvalue weighted by atomic mass is 10.1. The molecule has 0 aliphatic rings. The molecule has 1 aromatic heterocycles. The van der Waals surface area contributed by atoms with Gasteiger partial charge in [-0.2, -0.15) is 11.8 Å². The van der Waals surface area contributed by atoms with Crippen LogP contribution < -0.4 is 15.1 Å². The van der Waals surface area contributed by atoms with Gasteiger partial charge in [0.15, 0.2) is 0 Å². The highest BCUT2D eigenvalue weighted by molar-refractivity contribution is 7.98. The molecule has 3 aromatic rings. The van der Waals surface area contributed by atoms with E-state index in [1.807, 2.05) is 30.5 Å². The van der Waals surface area contributed by atoms with Crippen molar-refractivity contribution in [1.82, 2.24) is 0 Å². The maximum atomic E-state index is 12.2. The number of thioether (sulfide) groups is 1. The Balaban J connectivity index is 2.11. The highest BCUT2D eigenvalue weighted by Crippen LogP contribution is 2.28. The van der Waals surface area contributed by atoms with Gasteiger partial charge in [-0.15, -0.1) is 0 Å². The molecule has 0 fully saturated rings. The second-order valence-corrected chi connectivity index (χ2v) is 5.79. The molecule has 0 bridgehead atoms. The third-order valence-corrected chi connectivity index (χ3v) is 4.02. The van der Waals surface area contributed by atoms with Crippen LogP contribution in [0.5, 0.6) is 11.5 Å². The van der Waals surface area contributed by atoms with Gasteiger partial charge < -0.3 is 13.9 Å². The molecule has 0 radical (unpaired) electrons. The summed E-state index contributed by atoms with van der Waals surface area (Å²) >= 11 is 1.72. The summed E-state index contributed by atoms with van der Waals surface area (Å²) in [5.41, 5.74) is 0.159. The fourth-order valence-corrected chi connectivity index (χ4v) is 2.60. The van der Waals surface area contributed by atoms with Crippen molar-refractivity contribution in [3.8, 4) is 11.5 Å². The van der Waals surface area contributed by atoms with Crippen molar-refractivity contribution in [1.29, 1.82) is 0 Å². The summed E-state index contributed by atoms with van der Waals surface area (Å²) in [6, 6.07) is 11.0. The summed E-state index contributed by atoms with van der Waals surface area (Å²) in [4.78, 5) is 12.2. The van der Waals surface area contributed by atoms with Crippen LogP contribution in [0, 0.1) is 0 Å². The van der Waals surface area contributed by atoms with E-state index < -0.39 is 0 Å². The Morgan fingerprint density at radius 3 is 2.59 bits per heavy atom. The molecule has 3 rings (SSSR count). The van der Waals surface area contributed by atoms with Gasteiger partial charge in [0.2, 0.25) is 0 Å². The Bertz CT molecular complexity index is 870. The summed E-state index contributed by atoms with van der Waals surface area (Å²) in [7, 11) is 1.57. The van der Waals surface area contributed by atoms with Crippen LogP contribution in [0.4, 0.5) is 0 Å². The highest BCUT2D eigenvalue weighted by Gasteiger charge is 2.09. The Hall–Kier alpha value is -2.14. The molecule has 114 valence electrons. The zero-order valence-electron chi connectivity index (χ0n) is 12.4. The molecule has 1 heterocycles. The summed E-state index contributed by atoms with van der Waals surface area (Å²) in [5.74, 6) is 2.26. The van der Waals surface area contributed by atoms with Crippen LogP contribution in [0.3, 0.4) is 0 Å². The maximum Gasteiger partial charge on any atom is 0.344 e. The van der Waals surface area contributed by atoms with E-state index in [4.69, 9.17) is 13.9 Å². The molecule has 5 heteroatoms. The number of ether oxygens (including phenoxy) is 2. The molecule has 0 unspecified atom stereocenters. The van der Waals surface area contributed by atoms with Crippen molar-refractivity contribution < 1.29 is 13.9 Å². The Morgan fingerprint density at radius 2 is 1.82 bits per heavy atom. The van der Waals surface area contributed by atoms with E-state index in [0.717, 1.165) is 16.5 Å². The van der Waals surface area contributed by atoms with Gasteiger partial charge in [-0.05, 0) is 36.6 Å². The van der Waals surface area contributed by atoms with Crippen LogP contribution in [0.1, 0.15) is 0 Å². The van der Waals surface area contributed by atoms with Gasteiger partial charge in [0, 0.05) is 22.6 Å². The van der Waals surface area contributed by atoms with Gasteiger partial charge in [0.25, 0.3) is 0 Å². The molecule has 0 amide bonds. The first-order valence-corrected chi connectivity index (χ1v) is 8.28. The third-order valence-electron chi connectivity index (χ3n) is 3.45. The number of benzene rings is 2. The number of hydrogen-bond donors (Lipinski definition) is 0. The SMILES string of the molecule is COc1ccc2c(c1)c(=O)oc1cc(OCCSC)ccc12. The Morgan fingerprint density at radius 1 is 1.05 bits per heavy atom. The molecule has 0 N–H and O–H groups in total. The first-order chi connectivity index (χ1) is 10.7. The van der Waals surface area contributed by atoms with Gasteiger partial charge in [-0.25, -0.2) is 4.79 Å². The largest absolute Gasteiger partial charge is 0.497 e. The van der Waals surface area contributed by atoms with Gasteiger partial charge in [-0.1, -0.05) is 0 Å². The van der Waals surface area contributed by atoms with E-state index in [1.165, 1.54) is 0 Å². The first kappa shape index (κ1) is 14.8. The molecule has 0 spiro atoms. The molecular formula is C17H16O4S. The van der Waals surface area contributed by atoms with E-state index in [-0.39, 0.29) is 5.63 Å². The lowest BCUT2D eigenvalue weighted by Gasteiger charge is -2.08. The molecule has 0 aliphatic heterocycles. The van der Waals surface area contributed by atoms with Crippen molar-refractivity contribution in [3.63, 3.8) is 0 Å². The van der Waals surface area contributed by atoms with Crippen LogP contribution in [0.25, 0.3) is 21.7 Å². The summed E-state index contributed by atoms with van der Waals surface area (Å²) in [6.45, 7) is 0.627. The molecule has 0 aliphatic carbocycles. The minimum Gasteiger partial charge on any atom is -0.497 e. The minimum atomic E-state index is -0.373. The lowest BCUT2D eigenvalue weighted by molar-refractivity contribution is 0.344. The average molecular weight is 316 g/mol. The third kappa shape index (κ3) is 2.76. The Kier molecular flexibility index (Phi) is 4.24. The van der Waals surface area contributed by atoms with Crippen molar-refractivity contribution in [2.45, 2.75) is 0 Å². The summed E-state index contributed by atoms with van der Waals surface area (Å²) in [5, 5.41) is 2.25. The predicted molar refractivity (Wildman–Crippen MR) is 90.4 cm³/mol. The topological polar surface area (TPSA) is 48.7 Å². The molecule has 0 saturated heterocycles. The van der Waals surface area contributed by atoms with E-state index in [9.17, 15) is 4.79 Å². The van der Waals surface area contributed by atoms with E-state index in [2.05, 4.69) is 0 Å². The van der Waals surface area contributed by atoms with Crippen LogP contribution in [0.15, 0.2) is 45.6 Å². The van der Waals surface area contributed by atoms with Crippen LogP contribution in [-0.2, 0) is 0 Å². The van der Waals surface area contributed by atoms with Gasteiger partial charge >= 0.3 is 5.63 Å². The quantitative estimate of drug-likeness (QED) is 0.408. The molecule has 22 heavy (non-hydrogen) atoms. The molecule has 0 saturated carbocycles. The average Bonchev–Trinajstić information content (AvgIpc) is 2.54. The fraction of sp³-hybridized carbons (Fsp3) is 0.235. The number of hydrogen-bond acceptors (Lipinski definition) is 5. The normalized spacial score (nSPS) is 11.0. The minimum absolute atomic E-state index is 0.373. The van der Waals surface area contributed by atoms with Gasteiger partial charge in [-0.3, -0.25) is 0 Å². The zero-order chi connectivity index (χ0) is 15.5. The predicted octanol–water partition coefficient (Wildman–Crippen LogP) is 3.70. The second kappa shape index (κ2) is 6.32. The molecule has 2 aromatic carbocycles. The number of fused-ring (bicyclic) bond motifs is 3. The smallest absolute Gasteiger partial charge is 0.344 e. The van der Waals surface area contributed by atoms with Gasteiger partial charge in [0.1, 0.15) is 17.1 Å². The maximum absolute atomic E-state index is 12.2. The van der Waals surface area contributed by atoms with Crippen LogP contribution in [-0.4, -0.2) is 25.7 Å². The molecule has 4 nitrogen and oxygen atoms in total. The van der Waals surface area contributed by atoms with E-state index in [0.29, 0.717) is 29.1 Å². The second-order valence-electron chi connectivity index (χ2n) is 4.80. The van der Waals surface area contributed by atoms with Crippen molar-refractivity contribution in [2.24, 2.45) is 0 Å². The van der Waals surface area contributed by atoms with Crippen molar-refractivity contribution in [2.75, 3.05) is 25.7 Å². The van der Waals surface area contributed by atoms with Gasteiger partial charge in [0.05, 0.1) is 19.1 Å². The number of rotatable bonds is 5. The van der Waals surface area contributed by atoms with E-state index >= 15 is 0 Å². The summed E-state index contributed by atoms with van der Waals surface area (Å²) in [6.07, 6.45) is 2.03. The molecular weight excluding hydrogens is 300 g/mol. The highest BCUT2D eigenvalue weighted by atomic mass is 32.2. The van der Waals surface area contributed by atoms with Crippen molar-refractivity contribution in [3.05, 3.63) is 46.8 Å². The standard InChI is InChI=1S/C17H16O4S/c1-19-11-3-5-13-14-6-4-12(20-7-8-22-2)10-16(14)21-17(18)15(13)9-11/h3-6,9-10H,7-8H2,1-2H3. The lowest BCUT2D eigenvalue weighted by Crippen LogP contribution is -2.02.